The monoisotopic (exact) mass is 338 g/mol. The second kappa shape index (κ2) is 8.67. The van der Waals surface area contributed by atoms with E-state index < -0.39 is 0 Å². The van der Waals surface area contributed by atoms with E-state index in [9.17, 15) is 4.79 Å². The molecule has 0 saturated carbocycles. The average molecular weight is 338 g/mol. The number of amides is 1. The third kappa shape index (κ3) is 5.33. The molecule has 0 aromatic heterocycles. The average Bonchev–Trinajstić information content (AvgIpc) is 2.63. The van der Waals surface area contributed by atoms with E-state index in [1.807, 2.05) is 54.6 Å². The molecule has 1 aliphatic rings. The Balaban J connectivity index is 1.56. The lowest BCUT2D eigenvalue weighted by Gasteiger charge is -2.30. The van der Waals surface area contributed by atoms with Crippen LogP contribution in [-0.2, 0) is 4.79 Å². The Labute approximate surface area is 149 Å². The van der Waals surface area contributed by atoms with Crippen LogP contribution in [0.25, 0.3) is 0 Å². The molecule has 0 spiro atoms. The molecule has 2 aromatic rings. The number of ether oxygens (including phenoxy) is 1. The minimum Gasteiger partial charge on any atom is -0.455 e. The van der Waals surface area contributed by atoms with Gasteiger partial charge in [-0.05, 0) is 49.6 Å². The largest absolute Gasteiger partial charge is 0.455 e. The number of para-hydroxylation sites is 3. The van der Waals surface area contributed by atoms with Crippen molar-refractivity contribution in [2.24, 2.45) is 5.92 Å². The maximum atomic E-state index is 12.3. The Bertz CT molecular complexity index is 687. The van der Waals surface area contributed by atoms with Gasteiger partial charge in [-0.15, -0.1) is 0 Å². The summed E-state index contributed by atoms with van der Waals surface area (Å²) < 4.78 is 5.89. The van der Waals surface area contributed by atoms with Gasteiger partial charge in [-0.3, -0.25) is 4.79 Å². The Hall–Kier alpha value is -2.33. The third-order valence-electron chi connectivity index (χ3n) is 4.53. The summed E-state index contributed by atoms with van der Waals surface area (Å²) in [5, 5.41) is 2.99. The number of rotatable bonds is 6. The summed E-state index contributed by atoms with van der Waals surface area (Å²) in [4.78, 5) is 14.7. The number of benzene rings is 2. The van der Waals surface area contributed by atoms with Gasteiger partial charge < -0.3 is 15.0 Å². The Morgan fingerprint density at radius 1 is 1.16 bits per heavy atom. The van der Waals surface area contributed by atoms with Gasteiger partial charge in [-0.1, -0.05) is 37.3 Å². The molecule has 0 aliphatic carbocycles. The van der Waals surface area contributed by atoms with E-state index in [1.54, 1.807) is 0 Å². The van der Waals surface area contributed by atoms with Crippen molar-refractivity contribution in [2.75, 3.05) is 25.0 Å². The number of carbonyl (C=O) groups excluding carboxylic acids is 1. The molecule has 1 amide bonds. The zero-order valence-electron chi connectivity index (χ0n) is 14.8. The molecule has 1 atom stereocenters. The molecule has 1 saturated heterocycles. The SMILES string of the molecule is CC1CCCN(CCC(=O)Nc2ccccc2Oc2ccccc2)C1. The smallest absolute Gasteiger partial charge is 0.225 e. The first-order valence-electron chi connectivity index (χ1n) is 9.05. The molecule has 4 nitrogen and oxygen atoms in total. The fraction of sp³-hybridized carbons (Fsp3) is 0.381. The topological polar surface area (TPSA) is 41.6 Å². The van der Waals surface area contributed by atoms with Crippen LogP contribution < -0.4 is 10.1 Å². The molecule has 1 fully saturated rings. The van der Waals surface area contributed by atoms with Gasteiger partial charge in [0.05, 0.1) is 5.69 Å². The normalized spacial score (nSPS) is 17.9. The highest BCUT2D eigenvalue weighted by Crippen LogP contribution is 2.29. The zero-order chi connectivity index (χ0) is 17.5. The van der Waals surface area contributed by atoms with Crippen LogP contribution in [0, 0.1) is 5.92 Å². The molecule has 1 heterocycles. The molecule has 1 aliphatic heterocycles. The van der Waals surface area contributed by atoms with E-state index in [2.05, 4.69) is 17.1 Å². The standard InChI is InChI=1S/C21H26N2O2/c1-17-8-7-14-23(16-17)15-13-21(24)22-19-11-5-6-12-20(19)25-18-9-3-2-4-10-18/h2-6,9-12,17H,7-8,13-16H2,1H3,(H,22,24). The maximum absolute atomic E-state index is 12.3. The van der Waals surface area contributed by atoms with Crippen LogP contribution >= 0.6 is 0 Å². The van der Waals surface area contributed by atoms with Crippen molar-refractivity contribution in [1.29, 1.82) is 0 Å². The molecule has 3 rings (SSSR count). The summed E-state index contributed by atoms with van der Waals surface area (Å²) in [5.41, 5.74) is 0.711. The number of hydrogen-bond donors (Lipinski definition) is 1. The highest BCUT2D eigenvalue weighted by Gasteiger charge is 2.17. The predicted molar refractivity (Wildman–Crippen MR) is 101 cm³/mol. The van der Waals surface area contributed by atoms with Gasteiger partial charge in [0.2, 0.25) is 5.91 Å². The van der Waals surface area contributed by atoms with E-state index in [4.69, 9.17) is 4.74 Å². The van der Waals surface area contributed by atoms with Crippen LogP contribution in [0.3, 0.4) is 0 Å². The van der Waals surface area contributed by atoms with E-state index >= 15 is 0 Å². The van der Waals surface area contributed by atoms with E-state index in [0.717, 1.165) is 31.3 Å². The first-order chi connectivity index (χ1) is 12.2. The second-order valence-electron chi connectivity index (χ2n) is 6.76. The fourth-order valence-electron chi connectivity index (χ4n) is 3.24. The molecule has 2 aromatic carbocycles. The molecule has 25 heavy (non-hydrogen) atoms. The van der Waals surface area contributed by atoms with Crippen molar-refractivity contribution in [1.82, 2.24) is 4.90 Å². The van der Waals surface area contributed by atoms with Crippen molar-refractivity contribution in [3.63, 3.8) is 0 Å². The van der Waals surface area contributed by atoms with Gasteiger partial charge in [-0.2, -0.15) is 0 Å². The van der Waals surface area contributed by atoms with E-state index in [-0.39, 0.29) is 5.91 Å². The second-order valence-corrected chi connectivity index (χ2v) is 6.76. The van der Waals surface area contributed by atoms with Crippen molar-refractivity contribution in [3.8, 4) is 11.5 Å². The van der Waals surface area contributed by atoms with E-state index in [1.165, 1.54) is 12.8 Å². The lowest BCUT2D eigenvalue weighted by Crippen LogP contribution is -2.36. The van der Waals surface area contributed by atoms with Crippen LogP contribution in [-0.4, -0.2) is 30.4 Å². The van der Waals surface area contributed by atoms with Crippen LogP contribution in [0.1, 0.15) is 26.2 Å². The summed E-state index contributed by atoms with van der Waals surface area (Å²) in [6.45, 7) is 5.30. The van der Waals surface area contributed by atoms with Crippen molar-refractivity contribution >= 4 is 11.6 Å². The lowest BCUT2D eigenvalue weighted by atomic mass is 10.0. The Morgan fingerprint density at radius 2 is 1.92 bits per heavy atom. The first kappa shape index (κ1) is 17.5. The van der Waals surface area contributed by atoms with Gasteiger partial charge in [-0.25, -0.2) is 0 Å². The number of nitrogens with zero attached hydrogens (tertiary/aromatic N) is 1. The van der Waals surface area contributed by atoms with Crippen molar-refractivity contribution in [3.05, 3.63) is 54.6 Å². The van der Waals surface area contributed by atoms with Crippen LogP contribution in [0.5, 0.6) is 11.5 Å². The minimum atomic E-state index is 0.0299. The molecule has 0 bridgehead atoms. The summed E-state index contributed by atoms with van der Waals surface area (Å²) in [6, 6.07) is 17.2. The van der Waals surface area contributed by atoms with Crippen molar-refractivity contribution < 1.29 is 9.53 Å². The molecule has 4 heteroatoms. The number of piperidine rings is 1. The Morgan fingerprint density at radius 3 is 2.72 bits per heavy atom. The quantitative estimate of drug-likeness (QED) is 0.841. The zero-order valence-corrected chi connectivity index (χ0v) is 14.8. The number of likely N-dealkylation sites (tertiary alicyclic amines) is 1. The lowest BCUT2D eigenvalue weighted by molar-refractivity contribution is -0.116. The molecule has 1 N–H and O–H groups in total. The summed E-state index contributed by atoms with van der Waals surface area (Å²) in [6.07, 6.45) is 3.04. The minimum absolute atomic E-state index is 0.0299. The van der Waals surface area contributed by atoms with Gasteiger partial charge in [0.1, 0.15) is 5.75 Å². The molecule has 132 valence electrons. The van der Waals surface area contributed by atoms with Crippen LogP contribution in [0.2, 0.25) is 0 Å². The van der Waals surface area contributed by atoms with Crippen molar-refractivity contribution in [2.45, 2.75) is 26.2 Å². The molecular weight excluding hydrogens is 312 g/mol. The van der Waals surface area contributed by atoms with Crippen LogP contribution in [0.4, 0.5) is 5.69 Å². The summed E-state index contributed by atoms with van der Waals surface area (Å²) in [7, 11) is 0. The highest BCUT2D eigenvalue weighted by atomic mass is 16.5. The summed E-state index contributed by atoms with van der Waals surface area (Å²) >= 11 is 0. The van der Waals surface area contributed by atoms with Gasteiger partial charge in [0.15, 0.2) is 5.75 Å². The predicted octanol–water partition coefficient (Wildman–Crippen LogP) is 4.54. The van der Waals surface area contributed by atoms with Gasteiger partial charge >= 0.3 is 0 Å². The number of carbonyl (C=O) groups is 1. The Kier molecular flexibility index (Phi) is 6.07. The summed E-state index contributed by atoms with van der Waals surface area (Å²) in [5.74, 6) is 2.18. The number of hydrogen-bond acceptors (Lipinski definition) is 3. The number of nitrogens with one attached hydrogen (secondary N) is 1. The number of anilines is 1. The molecular formula is C21H26N2O2. The van der Waals surface area contributed by atoms with Gasteiger partial charge in [0.25, 0.3) is 0 Å². The van der Waals surface area contributed by atoms with Crippen LogP contribution in [0.15, 0.2) is 54.6 Å². The maximum Gasteiger partial charge on any atom is 0.225 e. The molecule has 1 unspecified atom stereocenters. The highest BCUT2D eigenvalue weighted by molar-refractivity contribution is 5.92. The van der Waals surface area contributed by atoms with Gasteiger partial charge in [0, 0.05) is 19.5 Å². The fourth-order valence-corrected chi connectivity index (χ4v) is 3.24. The first-order valence-corrected chi connectivity index (χ1v) is 9.05. The molecule has 0 radical (unpaired) electrons. The van der Waals surface area contributed by atoms with E-state index in [0.29, 0.717) is 17.9 Å². The third-order valence-corrected chi connectivity index (χ3v) is 4.53.